The van der Waals surface area contributed by atoms with Crippen LogP contribution in [0.3, 0.4) is 0 Å². The Morgan fingerprint density at radius 2 is 2.00 bits per heavy atom. The molecule has 0 aliphatic heterocycles. The van der Waals surface area contributed by atoms with Crippen LogP contribution < -0.4 is 5.73 Å². The number of nitrogens with two attached hydrogens (primary N) is 1. The largest absolute Gasteiger partial charge is 0.478 e. The molecule has 0 saturated heterocycles. The van der Waals surface area contributed by atoms with Crippen LogP contribution >= 0.6 is 0 Å². The van der Waals surface area contributed by atoms with Gasteiger partial charge in [0, 0.05) is 12.7 Å². The Hall–Kier alpha value is -0.910. The van der Waals surface area contributed by atoms with Gasteiger partial charge in [0.2, 0.25) is 0 Å². The van der Waals surface area contributed by atoms with Crippen LogP contribution in [0.2, 0.25) is 0 Å². The van der Waals surface area contributed by atoms with Crippen molar-refractivity contribution in [1.29, 1.82) is 0 Å². The molecule has 0 heterocycles. The first-order valence-corrected chi connectivity index (χ1v) is 4.52. The molecule has 0 aromatic heterocycles. The van der Waals surface area contributed by atoms with Gasteiger partial charge in [-0.05, 0) is 13.0 Å². The molecular formula is C9H17NO4. The molecule has 82 valence electrons. The van der Waals surface area contributed by atoms with Crippen molar-refractivity contribution in [3.8, 4) is 0 Å². The van der Waals surface area contributed by atoms with E-state index in [1.165, 1.54) is 6.08 Å². The van der Waals surface area contributed by atoms with Gasteiger partial charge in [0.15, 0.2) is 0 Å². The van der Waals surface area contributed by atoms with E-state index in [0.717, 1.165) is 12.5 Å². The highest BCUT2D eigenvalue weighted by Crippen LogP contribution is 1.82. The fourth-order valence-corrected chi connectivity index (χ4v) is 0.706. The Labute approximate surface area is 83.5 Å². The minimum absolute atomic E-state index is 0.298. The van der Waals surface area contributed by atoms with Crippen molar-refractivity contribution < 1.29 is 19.4 Å². The molecule has 3 N–H and O–H groups in total. The van der Waals surface area contributed by atoms with Gasteiger partial charge in [0.25, 0.3) is 0 Å². The molecule has 0 amide bonds. The number of ether oxygens (including phenoxy) is 2. The number of hydrogen-bond donors (Lipinski definition) is 2. The minimum atomic E-state index is -0.965. The zero-order valence-electron chi connectivity index (χ0n) is 8.15. The van der Waals surface area contributed by atoms with Gasteiger partial charge in [0.1, 0.15) is 0 Å². The first-order valence-electron chi connectivity index (χ1n) is 4.52. The lowest BCUT2D eigenvalue weighted by Crippen LogP contribution is -2.08. The van der Waals surface area contributed by atoms with Gasteiger partial charge in [-0.15, -0.1) is 0 Å². The molecule has 14 heavy (non-hydrogen) atoms. The molecule has 5 nitrogen and oxygen atoms in total. The lowest BCUT2D eigenvalue weighted by Gasteiger charge is -2.02. The second kappa shape index (κ2) is 10.2. The average molecular weight is 203 g/mol. The van der Waals surface area contributed by atoms with Crippen molar-refractivity contribution in [3.05, 3.63) is 12.2 Å². The molecule has 0 spiro atoms. The summed E-state index contributed by atoms with van der Waals surface area (Å²) < 4.78 is 10.2. The Balaban J connectivity index is 3.02. The molecule has 0 atom stereocenters. The third kappa shape index (κ3) is 11.1. The number of carboxylic acid groups (broad SMARTS) is 1. The summed E-state index contributed by atoms with van der Waals surface area (Å²) >= 11 is 0. The Morgan fingerprint density at radius 1 is 1.29 bits per heavy atom. The van der Waals surface area contributed by atoms with Crippen molar-refractivity contribution in [1.82, 2.24) is 0 Å². The van der Waals surface area contributed by atoms with E-state index in [1.54, 1.807) is 0 Å². The van der Waals surface area contributed by atoms with Crippen LogP contribution in [-0.2, 0) is 14.3 Å². The highest BCUT2D eigenvalue weighted by molar-refractivity contribution is 5.79. The van der Waals surface area contributed by atoms with Gasteiger partial charge in [0.05, 0.1) is 19.8 Å². The van der Waals surface area contributed by atoms with Crippen LogP contribution in [0.25, 0.3) is 0 Å². The Bertz CT molecular complexity index is 170. The van der Waals surface area contributed by atoms with E-state index in [2.05, 4.69) is 0 Å². The smallest absolute Gasteiger partial charge is 0.328 e. The summed E-state index contributed by atoms with van der Waals surface area (Å²) in [6.07, 6.45) is 3.34. The fraction of sp³-hybridized carbons (Fsp3) is 0.667. The predicted molar refractivity (Wildman–Crippen MR) is 52.1 cm³/mol. The number of carboxylic acids is 1. The summed E-state index contributed by atoms with van der Waals surface area (Å²) in [5.74, 6) is -0.965. The van der Waals surface area contributed by atoms with E-state index in [4.69, 9.17) is 20.3 Å². The molecular weight excluding hydrogens is 186 g/mol. The quantitative estimate of drug-likeness (QED) is 0.407. The average Bonchev–Trinajstić information content (AvgIpc) is 2.15. The summed E-state index contributed by atoms with van der Waals surface area (Å²) in [6.45, 7) is 2.55. The van der Waals surface area contributed by atoms with Gasteiger partial charge >= 0.3 is 5.97 Å². The molecule has 0 rings (SSSR count). The van der Waals surface area contributed by atoms with Crippen LogP contribution in [0.15, 0.2) is 12.2 Å². The number of rotatable bonds is 9. The molecule has 0 bridgehead atoms. The van der Waals surface area contributed by atoms with Gasteiger partial charge in [-0.25, -0.2) is 4.79 Å². The molecule has 0 unspecified atom stereocenters. The normalized spacial score (nSPS) is 10.9. The standard InChI is InChI=1S/C9H17NO4/c10-4-2-6-14-8-7-13-5-1-3-9(11)12/h1,3H,2,4-8,10H2,(H,11,12). The third-order valence-electron chi connectivity index (χ3n) is 1.34. The van der Waals surface area contributed by atoms with Gasteiger partial charge in [-0.2, -0.15) is 0 Å². The second-order valence-electron chi connectivity index (χ2n) is 2.57. The zero-order valence-corrected chi connectivity index (χ0v) is 8.15. The van der Waals surface area contributed by atoms with Crippen molar-refractivity contribution in [2.45, 2.75) is 6.42 Å². The van der Waals surface area contributed by atoms with E-state index in [1.807, 2.05) is 0 Å². The minimum Gasteiger partial charge on any atom is -0.478 e. The lowest BCUT2D eigenvalue weighted by atomic mass is 10.5. The first-order chi connectivity index (χ1) is 6.77. The molecule has 0 radical (unpaired) electrons. The van der Waals surface area contributed by atoms with Gasteiger partial charge < -0.3 is 20.3 Å². The number of hydrogen-bond acceptors (Lipinski definition) is 4. The molecule has 0 aromatic carbocycles. The molecule has 5 heteroatoms. The topological polar surface area (TPSA) is 81.8 Å². The summed E-state index contributed by atoms with van der Waals surface area (Å²) in [6, 6.07) is 0. The molecule has 0 aliphatic rings. The van der Waals surface area contributed by atoms with Crippen LogP contribution in [0, 0.1) is 0 Å². The SMILES string of the molecule is NCCCOCCOCC=CC(=O)O. The fourth-order valence-electron chi connectivity index (χ4n) is 0.706. The van der Waals surface area contributed by atoms with Crippen LogP contribution in [0.5, 0.6) is 0 Å². The van der Waals surface area contributed by atoms with Crippen LogP contribution in [0.4, 0.5) is 0 Å². The zero-order chi connectivity index (χ0) is 10.6. The number of carbonyl (C=O) groups is 1. The van der Waals surface area contributed by atoms with Crippen molar-refractivity contribution in [2.24, 2.45) is 5.73 Å². The van der Waals surface area contributed by atoms with Gasteiger partial charge in [-0.1, -0.05) is 6.08 Å². The summed E-state index contributed by atoms with van der Waals surface area (Å²) in [4.78, 5) is 10.0. The van der Waals surface area contributed by atoms with Crippen LogP contribution in [0.1, 0.15) is 6.42 Å². The van der Waals surface area contributed by atoms with E-state index < -0.39 is 5.97 Å². The molecule has 0 aromatic rings. The first kappa shape index (κ1) is 13.1. The van der Waals surface area contributed by atoms with Gasteiger partial charge in [-0.3, -0.25) is 0 Å². The Morgan fingerprint density at radius 3 is 2.64 bits per heavy atom. The summed E-state index contributed by atoms with van der Waals surface area (Å²) in [7, 11) is 0. The van der Waals surface area contributed by atoms with Crippen LogP contribution in [-0.4, -0.2) is 44.0 Å². The monoisotopic (exact) mass is 203 g/mol. The molecule has 0 saturated carbocycles. The molecule has 0 fully saturated rings. The highest BCUT2D eigenvalue weighted by Gasteiger charge is 1.88. The van der Waals surface area contributed by atoms with E-state index in [-0.39, 0.29) is 0 Å². The summed E-state index contributed by atoms with van der Waals surface area (Å²) in [5.41, 5.74) is 5.26. The van der Waals surface area contributed by atoms with E-state index >= 15 is 0 Å². The predicted octanol–water partition coefficient (Wildman–Crippen LogP) is 0.00920. The van der Waals surface area contributed by atoms with Crippen molar-refractivity contribution in [3.63, 3.8) is 0 Å². The maximum Gasteiger partial charge on any atom is 0.328 e. The second-order valence-corrected chi connectivity index (χ2v) is 2.57. The highest BCUT2D eigenvalue weighted by atomic mass is 16.5. The molecule has 0 aliphatic carbocycles. The third-order valence-corrected chi connectivity index (χ3v) is 1.34. The lowest BCUT2D eigenvalue weighted by molar-refractivity contribution is -0.131. The van der Waals surface area contributed by atoms with Crippen molar-refractivity contribution >= 4 is 5.97 Å². The van der Waals surface area contributed by atoms with E-state index in [0.29, 0.717) is 33.0 Å². The Kier molecular flexibility index (Phi) is 9.51. The maximum atomic E-state index is 10.0. The van der Waals surface area contributed by atoms with E-state index in [9.17, 15) is 4.79 Å². The number of aliphatic carboxylic acids is 1. The summed E-state index contributed by atoms with van der Waals surface area (Å²) in [5, 5.41) is 8.23. The maximum absolute atomic E-state index is 10.0. The van der Waals surface area contributed by atoms with Crippen molar-refractivity contribution in [2.75, 3.05) is 33.0 Å².